The molecule has 0 saturated carbocycles. The van der Waals surface area contributed by atoms with Gasteiger partial charge in [-0.2, -0.15) is 0 Å². The fourth-order valence-corrected chi connectivity index (χ4v) is 4.36. The molecule has 0 fully saturated rings. The maximum Gasteiger partial charge on any atom is 0.323 e. The summed E-state index contributed by atoms with van der Waals surface area (Å²) < 4.78 is 30.3. The average Bonchev–Trinajstić information content (AvgIpc) is 3.18. The summed E-state index contributed by atoms with van der Waals surface area (Å²) in [6, 6.07) is 20.5. The van der Waals surface area contributed by atoms with Crippen LogP contribution in [0.3, 0.4) is 0 Å². The van der Waals surface area contributed by atoms with E-state index < -0.39 is 23.7 Å². The number of fused-ring (bicyclic) bond motifs is 3. The summed E-state index contributed by atoms with van der Waals surface area (Å²) >= 11 is 6.24. The van der Waals surface area contributed by atoms with E-state index in [1.165, 1.54) is 12.1 Å². The van der Waals surface area contributed by atoms with Crippen LogP contribution in [0, 0.1) is 11.6 Å². The molecule has 4 nitrogen and oxygen atoms in total. The number of amides is 2. The number of anilines is 1. The number of nitrogens with one attached hydrogen (secondary N) is 1. The van der Waals surface area contributed by atoms with Crippen LogP contribution in [0.15, 0.2) is 85.1 Å². The van der Waals surface area contributed by atoms with Crippen molar-refractivity contribution < 1.29 is 13.6 Å². The molecule has 1 aliphatic rings. The summed E-state index contributed by atoms with van der Waals surface area (Å²) in [5.41, 5.74) is 3.32. The summed E-state index contributed by atoms with van der Waals surface area (Å²) in [5, 5.41) is 3.24. The lowest BCUT2D eigenvalue weighted by Crippen LogP contribution is -2.38. The van der Waals surface area contributed by atoms with E-state index in [1.807, 2.05) is 47.2 Å². The number of carbonyl (C=O) groups excluding carboxylic acids is 1. The van der Waals surface area contributed by atoms with Crippen LogP contribution < -0.4 is 5.32 Å². The quantitative estimate of drug-likeness (QED) is 0.370. The third-order valence-corrected chi connectivity index (χ3v) is 5.87. The van der Waals surface area contributed by atoms with Crippen LogP contribution in [0.5, 0.6) is 0 Å². The number of carbonyl (C=O) groups is 1. The molecule has 5 rings (SSSR count). The Balaban J connectivity index is 1.67. The molecule has 0 unspecified atom stereocenters. The first-order chi connectivity index (χ1) is 15.5. The van der Waals surface area contributed by atoms with Gasteiger partial charge in [-0.3, -0.25) is 0 Å². The summed E-state index contributed by atoms with van der Waals surface area (Å²) in [6.07, 6.45) is 1.88. The standard InChI is InChI=1S/C25H18ClF2N3O/c26-20-7-2-3-8-21(20)29-25(32)31-15-16-6-1-4-9-22(16)30-11-5-10-23(30)24(31)17-12-18(27)14-19(28)13-17/h1-14,24H,15H2,(H,29,32)/t24-/m0/s1. The monoisotopic (exact) mass is 449 g/mol. The molecule has 2 amide bonds. The minimum Gasteiger partial charge on any atom is -0.318 e. The van der Waals surface area contributed by atoms with Crippen LogP contribution in [-0.4, -0.2) is 15.5 Å². The first kappa shape index (κ1) is 20.3. The van der Waals surface area contributed by atoms with Gasteiger partial charge in [0.15, 0.2) is 0 Å². The average molecular weight is 450 g/mol. The van der Waals surface area contributed by atoms with Gasteiger partial charge in [0.25, 0.3) is 0 Å². The van der Waals surface area contributed by atoms with E-state index in [0.29, 0.717) is 22.0 Å². The van der Waals surface area contributed by atoms with Gasteiger partial charge < -0.3 is 14.8 Å². The van der Waals surface area contributed by atoms with Gasteiger partial charge in [0.05, 0.1) is 29.0 Å². The van der Waals surface area contributed by atoms with Gasteiger partial charge >= 0.3 is 6.03 Å². The molecule has 1 N–H and O–H groups in total. The number of nitrogens with zero attached hydrogens (tertiary/aromatic N) is 2. The molecule has 32 heavy (non-hydrogen) atoms. The van der Waals surface area contributed by atoms with Gasteiger partial charge in [-0.1, -0.05) is 41.9 Å². The van der Waals surface area contributed by atoms with Gasteiger partial charge in [-0.05, 0) is 53.6 Å². The van der Waals surface area contributed by atoms with Crippen molar-refractivity contribution >= 4 is 23.3 Å². The number of halogens is 3. The summed E-state index contributed by atoms with van der Waals surface area (Å²) in [5.74, 6) is -1.40. The fraction of sp³-hybridized carbons (Fsp3) is 0.0800. The Labute approximate surface area is 188 Å². The van der Waals surface area contributed by atoms with Crippen LogP contribution in [0.25, 0.3) is 5.69 Å². The molecule has 3 aromatic carbocycles. The van der Waals surface area contributed by atoms with Crippen LogP contribution in [0.4, 0.5) is 19.3 Å². The van der Waals surface area contributed by atoms with E-state index in [4.69, 9.17) is 11.6 Å². The van der Waals surface area contributed by atoms with E-state index in [2.05, 4.69) is 5.32 Å². The lowest BCUT2D eigenvalue weighted by atomic mass is 10.0. The minimum atomic E-state index is -0.731. The topological polar surface area (TPSA) is 37.3 Å². The molecule has 7 heteroatoms. The van der Waals surface area contributed by atoms with Crippen molar-refractivity contribution in [3.63, 3.8) is 0 Å². The third kappa shape index (κ3) is 3.63. The zero-order chi connectivity index (χ0) is 22.2. The van der Waals surface area contributed by atoms with Crippen LogP contribution in [0.1, 0.15) is 22.9 Å². The summed E-state index contributed by atoms with van der Waals surface area (Å²) in [7, 11) is 0. The predicted octanol–water partition coefficient (Wildman–Crippen LogP) is 6.55. The summed E-state index contributed by atoms with van der Waals surface area (Å²) in [4.78, 5) is 15.1. The van der Waals surface area contributed by atoms with Crippen molar-refractivity contribution in [3.05, 3.63) is 119 Å². The molecule has 0 bridgehead atoms. The van der Waals surface area contributed by atoms with E-state index in [0.717, 1.165) is 17.3 Å². The van der Waals surface area contributed by atoms with Gasteiger partial charge in [-0.25, -0.2) is 13.6 Å². The van der Waals surface area contributed by atoms with Crippen LogP contribution in [-0.2, 0) is 6.54 Å². The summed E-state index contributed by atoms with van der Waals surface area (Å²) in [6.45, 7) is 0.233. The van der Waals surface area contributed by atoms with Gasteiger partial charge in [0.1, 0.15) is 11.6 Å². The Morgan fingerprint density at radius 1 is 0.938 bits per heavy atom. The van der Waals surface area contributed by atoms with Crippen molar-refractivity contribution in [2.75, 3.05) is 5.32 Å². The number of para-hydroxylation sites is 2. The van der Waals surface area contributed by atoms with E-state index in [-0.39, 0.29) is 6.54 Å². The normalized spacial score (nSPS) is 15.0. The lowest BCUT2D eigenvalue weighted by Gasteiger charge is -2.31. The maximum atomic E-state index is 14.2. The molecule has 0 aliphatic carbocycles. The van der Waals surface area contributed by atoms with Gasteiger partial charge in [0.2, 0.25) is 0 Å². The molecule has 0 radical (unpaired) electrons. The van der Waals surface area contributed by atoms with E-state index in [9.17, 15) is 13.6 Å². The SMILES string of the molecule is O=C(Nc1ccccc1Cl)N1Cc2ccccc2-n2cccc2[C@@H]1c1cc(F)cc(F)c1. The second-order valence-corrected chi connectivity index (χ2v) is 7.98. The van der Waals surface area contributed by atoms with Crippen molar-refractivity contribution in [2.45, 2.75) is 12.6 Å². The number of benzene rings is 3. The lowest BCUT2D eigenvalue weighted by molar-refractivity contribution is 0.194. The highest BCUT2D eigenvalue weighted by molar-refractivity contribution is 6.33. The first-order valence-corrected chi connectivity index (χ1v) is 10.4. The van der Waals surface area contributed by atoms with Gasteiger partial charge in [0, 0.05) is 18.0 Å². The Kier molecular flexibility index (Phi) is 5.15. The third-order valence-electron chi connectivity index (χ3n) is 5.54. The number of hydrogen-bond donors (Lipinski definition) is 1. The molecule has 4 aromatic rings. The zero-order valence-corrected chi connectivity index (χ0v) is 17.6. The maximum absolute atomic E-state index is 14.2. The molecule has 1 aliphatic heterocycles. The first-order valence-electron chi connectivity index (χ1n) is 10.0. The Morgan fingerprint density at radius 3 is 2.44 bits per heavy atom. The van der Waals surface area contributed by atoms with Crippen molar-refractivity contribution in [1.82, 2.24) is 9.47 Å². The molecule has 1 aromatic heterocycles. The highest BCUT2D eigenvalue weighted by Crippen LogP contribution is 2.37. The predicted molar refractivity (Wildman–Crippen MR) is 120 cm³/mol. The number of hydrogen-bond acceptors (Lipinski definition) is 1. The second kappa shape index (κ2) is 8.13. The van der Waals surface area contributed by atoms with Gasteiger partial charge in [-0.15, -0.1) is 0 Å². The number of aromatic nitrogens is 1. The Hall–Kier alpha value is -3.64. The van der Waals surface area contributed by atoms with Crippen molar-refractivity contribution in [2.24, 2.45) is 0 Å². The smallest absolute Gasteiger partial charge is 0.318 e. The van der Waals surface area contributed by atoms with E-state index >= 15 is 0 Å². The zero-order valence-electron chi connectivity index (χ0n) is 16.8. The second-order valence-electron chi connectivity index (χ2n) is 7.57. The van der Waals surface area contributed by atoms with Crippen LogP contribution in [0.2, 0.25) is 5.02 Å². The Morgan fingerprint density at radius 2 is 1.66 bits per heavy atom. The largest absolute Gasteiger partial charge is 0.323 e. The molecule has 2 heterocycles. The molecule has 0 spiro atoms. The van der Waals surface area contributed by atoms with Crippen molar-refractivity contribution in [1.29, 1.82) is 0 Å². The number of rotatable bonds is 2. The fourth-order valence-electron chi connectivity index (χ4n) is 4.17. The van der Waals surface area contributed by atoms with E-state index in [1.54, 1.807) is 29.2 Å². The Bertz CT molecular complexity index is 1300. The molecule has 160 valence electrons. The highest BCUT2D eigenvalue weighted by atomic mass is 35.5. The molecular weight excluding hydrogens is 432 g/mol. The molecule has 1 atom stereocenters. The molecule has 0 saturated heterocycles. The highest BCUT2D eigenvalue weighted by Gasteiger charge is 2.33. The van der Waals surface area contributed by atoms with Crippen molar-refractivity contribution in [3.8, 4) is 5.69 Å². The molecular formula is C25H18ClF2N3O. The number of urea groups is 1. The minimum absolute atomic E-state index is 0.233. The van der Waals surface area contributed by atoms with Crippen LogP contribution >= 0.6 is 11.6 Å².